The molecule has 1 amide bonds. The lowest BCUT2D eigenvalue weighted by Gasteiger charge is -2.31. The molecule has 162 valence electrons. The minimum atomic E-state index is -0.369. The maximum atomic E-state index is 14.7. The summed E-state index contributed by atoms with van der Waals surface area (Å²) in [4.78, 5) is 24.8. The molecular weight excluding hydrogens is 419 g/mol. The van der Waals surface area contributed by atoms with Crippen molar-refractivity contribution < 1.29 is 13.9 Å². The second kappa shape index (κ2) is 7.93. The van der Waals surface area contributed by atoms with Crippen molar-refractivity contribution in [2.24, 2.45) is 0 Å². The molecule has 2 aliphatic heterocycles. The summed E-state index contributed by atoms with van der Waals surface area (Å²) in [6.45, 7) is 5.15. The van der Waals surface area contributed by atoms with Gasteiger partial charge in [-0.25, -0.2) is 9.37 Å². The van der Waals surface area contributed by atoms with Crippen LogP contribution < -0.4 is 26.0 Å². The van der Waals surface area contributed by atoms with E-state index in [0.717, 1.165) is 29.0 Å². The highest BCUT2D eigenvalue weighted by Crippen LogP contribution is 2.33. The first-order chi connectivity index (χ1) is 15.0. The molecule has 10 heteroatoms. The molecule has 1 atom stereocenters. The van der Waals surface area contributed by atoms with Crippen LogP contribution in [0.25, 0.3) is 10.2 Å². The number of halogens is 1. The van der Waals surface area contributed by atoms with E-state index in [1.807, 2.05) is 24.0 Å². The van der Waals surface area contributed by atoms with Crippen molar-refractivity contribution >= 4 is 39.0 Å². The number of fused-ring (bicyclic) bond motifs is 2. The smallest absolute Gasteiger partial charge is 0.263 e. The van der Waals surface area contributed by atoms with Crippen molar-refractivity contribution in [3.63, 3.8) is 0 Å². The molecule has 5 rings (SSSR count). The number of nitrogens with one attached hydrogen (secondary N) is 2. The third-order valence-corrected chi connectivity index (χ3v) is 6.69. The van der Waals surface area contributed by atoms with Crippen molar-refractivity contribution in [1.82, 2.24) is 20.6 Å². The second-order valence-electron chi connectivity index (χ2n) is 7.83. The van der Waals surface area contributed by atoms with Gasteiger partial charge >= 0.3 is 0 Å². The van der Waals surface area contributed by atoms with E-state index in [1.54, 1.807) is 0 Å². The fourth-order valence-corrected chi connectivity index (χ4v) is 5.02. The normalized spacial score (nSPS) is 18.5. The molecule has 8 nitrogen and oxygen atoms in total. The monoisotopic (exact) mass is 442 g/mol. The van der Waals surface area contributed by atoms with Crippen LogP contribution in [0.2, 0.25) is 0 Å². The molecule has 0 unspecified atom stereocenters. The van der Waals surface area contributed by atoms with Crippen LogP contribution in [0, 0.1) is 12.7 Å². The Bertz CT molecular complexity index is 1160. The first-order valence-corrected chi connectivity index (χ1v) is 11.1. The molecule has 1 fully saturated rings. The summed E-state index contributed by atoms with van der Waals surface area (Å²) in [5.41, 5.74) is 8.13. The number of ether oxygens (including phenoxy) is 1. The van der Waals surface area contributed by atoms with Crippen LogP contribution >= 0.6 is 11.3 Å². The van der Waals surface area contributed by atoms with Gasteiger partial charge in [0.25, 0.3) is 5.91 Å². The van der Waals surface area contributed by atoms with Gasteiger partial charge in [0.15, 0.2) is 11.6 Å². The summed E-state index contributed by atoms with van der Waals surface area (Å²) >= 11 is 1.27. The van der Waals surface area contributed by atoms with Crippen molar-refractivity contribution in [3.8, 4) is 5.88 Å². The van der Waals surface area contributed by atoms with Gasteiger partial charge in [-0.3, -0.25) is 4.79 Å². The van der Waals surface area contributed by atoms with Crippen molar-refractivity contribution in [3.05, 3.63) is 40.2 Å². The van der Waals surface area contributed by atoms with Crippen LogP contribution in [-0.2, 0) is 6.42 Å². The van der Waals surface area contributed by atoms with Gasteiger partial charge in [0.2, 0.25) is 5.88 Å². The summed E-state index contributed by atoms with van der Waals surface area (Å²) < 4.78 is 20.5. The van der Waals surface area contributed by atoms with E-state index in [4.69, 9.17) is 10.5 Å². The molecule has 0 aromatic carbocycles. The molecular formula is C21H23FN6O2S. The highest BCUT2D eigenvalue weighted by atomic mass is 32.1. The highest BCUT2D eigenvalue weighted by Gasteiger charge is 2.28. The minimum Gasteiger partial charge on any atom is -0.475 e. The number of anilines is 2. The molecule has 0 spiro atoms. The average Bonchev–Trinajstić information content (AvgIpc) is 3.09. The van der Waals surface area contributed by atoms with Crippen molar-refractivity contribution in [1.29, 1.82) is 0 Å². The Labute approximate surface area is 182 Å². The molecule has 5 heterocycles. The molecule has 0 saturated carbocycles. The van der Waals surface area contributed by atoms with Gasteiger partial charge in [0.1, 0.15) is 16.3 Å². The lowest BCUT2D eigenvalue weighted by molar-refractivity contribution is 0.0918. The van der Waals surface area contributed by atoms with Crippen molar-refractivity contribution in [2.45, 2.75) is 19.4 Å². The molecule has 0 radical (unpaired) electrons. The summed E-state index contributed by atoms with van der Waals surface area (Å²) in [5, 5.41) is 6.98. The zero-order chi connectivity index (χ0) is 21.5. The van der Waals surface area contributed by atoms with Gasteiger partial charge in [0.05, 0.1) is 11.7 Å². The van der Waals surface area contributed by atoms with Gasteiger partial charge < -0.3 is 26.0 Å². The van der Waals surface area contributed by atoms with E-state index in [1.165, 1.54) is 17.4 Å². The van der Waals surface area contributed by atoms with Gasteiger partial charge in [-0.15, -0.1) is 11.3 Å². The highest BCUT2D eigenvalue weighted by molar-refractivity contribution is 7.21. The number of nitrogens with zero attached hydrogens (tertiary/aromatic N) is 3. The number of aromatic nitrogens is 2. The van der Waals surface area contributed by atoms with Crippen LogP contribution in [0.4, 0.5) is 15.9 Å². The fraction of sp³-hybridized carbons (Fsp3) is 0.381. The van der Waals surface area contributed by atoms with Crippen LogP contribution in [0.5, 0.6) is 5.88 Å². The standard InChI is InChI=1S/C21H23FN6O2S/c1-11-2-3-14-16(23)17(31-21(14)25-11)19(29)26-13-8-12-9-15(22)18(27-20(12)30-10-13)28-6-4-24-5-7-28/h2-3,9,13,24H,4-8,10,23H2,1H3,(H,26,29)/t13-/m1/s1. The summed E-state index contributed by atoms with van der Waals surface area (Å²) in [6.07, 6.45) is 0.439. The number of aryl methyl sites for hydroxylation is 1. The molecule has 3 aromatic heterocycles. The SMILES string of the molecule is Cc1ccc2c(N)c(C(=O)N[C@H]3COc4nc(N5CCNCC5)c(F)cc4C3)sc2n1. The summed E-state index contributed by atoms with van der Waals surface area (Å²) in [6, 6.07) is 4.92. The predicted octanol–water partition coefficient (Wildman–Crippen LogP) is 1.86. The second-order valence-corrected chi connectivity index (χ2v) is 8.83. The zero-order valence-electron chi connectivity index (χ0n) is 17.1. The molecule has 3 aromatic rings. The van der Waals surface area contributed by atoms with Crippen LogP contribution in [-0.4, -0.2) is 54.7 Å². The first-order valence-electron chi connectivity index (χ1n) is 10.2. The predicted molar refractivity (Wildman–Crippen MR) is 119 cm³/mol. The number of carbonyl (C=O) groups excluding carboxylic acids is 1. The largest absolute Gasteiger partial charge is 0.475 e. The minimum absolute atomic E-state index is 0.264. The average molecular weight is 443 g/mol. The quantitative estimate of drug-likeness (QED) is 0.569. The van der Waals surface area contributed by atoms with E-state index < -0.39 is 0 Å². The van der Waals surface area contributed by atoms with E-state index in [2.05, 4.69) is 20.6 Å². The van der Waals surface area contributed by atoms with Gasteiger partial charge in [0, 0.05) is 49.2 Å². The maximum absolute atomic E-state index is 14.7. The molecule has 0 aliphatic carbocycles. The molecule has 2 aliphatic rings. The Morgan fingerprint density at radius 1 is 1.35 bits per heavy atom. The van der Waals surface area contributed by atoms with E-state index in [-0.39, 0.29) is 24.4 Å². The van der Waals surface area contributed by atoms with E-state index in [9.17, 15) is 9.18 Å². The Hall–Kier alpha value is -2.98. The number of hydrogen-bond acceptors (Lipinski definition) is 8. The number of carbonyl (C=O) groups is 1. The van der Waals surface area contributed by atoms with E-state index >= 15 is 0 Å². The van der Waals surface area contributed by atoms with E-state index in [0.29, 0.717) is 47.3 Å². The topological polar surface area (TPSA) is 105 Å². The Morgan fingerprint density at radius 2 is 2.16 bits per heavy atom. The van der Waals surface area contributed by atoms with Gasteiger partial charge in [-0.05, 0) is 25.1 Å². The lowest BCUT2D eigenvalue weighted by atomic mass is 10.0. The van der Waals surface area contributed by atoms with Gasteiger partial charge in [-0.2, -0.15) is 4.98 Å². The number of rotatable bonds is 3. The number of amides is 1. The molecule has 0 bridgehead atoms. The Morgan fingerprint density at radius 3 is 2.97 bits per heavy atom. The maximum Gasteiger partial charge on any atom is 0.263 e. The fourth-order valence-electron chi connectivity index (χ4n) is 3.98. The molecule has 1 saturated heterocycles. The third-order valence-electron chi connectivity index (χ3n) is 5.58. The number of nitrogen functional groups attached to an aromatic ring is 1. The number of piperazine rings is 1. The number of thiophene rings is 1. The molecule has 31 heavy (non-hydrogen) atoms. The van der Waals surface area contributed by atoms with Crippen LogP contribution in [0.3, 0.4) is 0 Å². The Balaban J connectivity index is 1.32. The third kappa shape index (κ3) is 3.77. The van der Waals surface area contributed by atoms with Gasteiger partial charge in [-0.1, -0.05) is 0 Å². The first kappa shape index (κ1) is 20.0. The lowest BCUT2D eigenvalue weighted by Crippen LogP contribution is -2.45. The van der Waals surface area contributed by atoms with Crippen LogP contribution in [0.1, 0.15) is 20.9 Å². The molecule has 4 N–H and O–H groups in total. The van der Waals surface area contributed by atoms with Crippen molar-refractivity contribution in [2.75, 3.05) is 43.4 Å². The summed E-state index contributed by atoms with van der Waals surface area (Å²) in [7, 11) is 0. The van der Waals surface area contributed by atoms with Crippen LogP contribution in [0.15, 0.2) is 18.2 Å². The Kier molecular flexibility index (Phi) is 5.11. The number of hydrogen-bond donors (Lipinski definition) is 3. The summed E-state index contributed by atoms with van der Waals surface area (Å²) in [5.74, 6) is 0.109. The number of pyridine rings is 2. The number of nitrogens with two attached hydrogens (primary N) is 1. The zero-order valence-corrected chi connectivity index (χ0v) is 17.9.